The molecule has 1 saturated carbocycles. The predicted octanol–water partition coefficient (Wildman–Crippen LogP) is 6.56. The fraction of sp³-hybridized carbons (Fsp3) is 0.518. The monoisotopic (exact) mass is 1090 g/mol. The number of nitrogens with zero attached hydrogens (tertiary/aromatic N) is 8. The number of fused-ring (bicyclic) bond motifs is 1. The summed E-state index contributed by atoms with van der Waals surface area (Å²) in [4.78, 5) is 120. The summed E-state index contributed by atoms with van der Waals surface area (Å²) in [6, 6.07) is 12.9. The second-order valence-corrected chi connectivity index (χ2v) is 22.4. The standard InChI is InChI=1S/C56H71N11O10S/c1-9-65(55(75)76-31-37-15-17-40(18-16-37)59-51(72)36(6)58-52(73)50(33(2)3)61-46(68)13-10-14-49(71)77-67-47(69)19-20-48(67)70)44-24-39(56(26-35(5)27-56)54-62-57-32-63(54)7)25-45(60-44)66-30-42-41(53(66)74)22-38(23-43(42)78-8)29-64-21-11-12-34(4)28-64/h15-18,22-25,32-36,50H,9-14,19-21,26-31H2,1-8H3,(H,58,73)(H,59,72)(H,61,68)/t34-,35?,36-,50-,56?/m0/s1. The van der Waals surface area contributed by atoms with Crippen molar-refractivity contribution < 1.29 is 47.9 Å². The molecular weight excluding hydrogens is 1020 g/mol. The Kier molecular flexibility index (Phi) is 18.0. The van der Waals surface area contributed by atoms with Gasteiger partial charge in [0.05, 0.1) is 12.0 Å². The maximum atomic E-state index is 14.7. The molecular formula is C56H71N11O10S. The molecule has 0 radical (unpaired) electrons. The molecule has 22 heteroatoms. The normalized spacial score (nSPS) is 20.0. The molecule has 1 aliphatic carbocycles. The minimum absolute atomic E-state index is 0.0345. The maximum absolute atomic E-state index is 14.7. The number of aryl methyl sites for hydroxylation is 1. The molecule has 0 spiro atoms. The van der Waals surface area contributed by atoms with Crippen LogP contribution in [0.4, 0.5) is 22.1 Å². The van der Waals surface area contributed by atoms with Crippen molar-refractivity contribution in [2.45, 2.75) is 141 Å². The summed E-state index contributed by atoms with van der Waals surface area (Å²) in [5.41, 5.74) is 4.13. The molecule has 0 bridgehead atoms. The van der Waals surface area contributed by atoms with E-state index in [2.05, 4.69) is 51.0 Å². The summed E-state index contributed by atoms with van der Waals surface area (Å²) in [7, 11) is 1.92. The summed E-state index contributed by atoms with van der Waals surface area (Å²) in [6.45, 7) is 14.6. The van der Waals surface area contributed by atoms with Gasteiger partial charge in [-0.05, 0) is 135 Å². The number of carbonyl (C=O) groups is 8. The van der Waals surface area contributed by atoms with Gasteiger partial charge in [0, 0.05) is 68.5 Å². The van der Waals surface area contributed by atoms with Crippen molar-refractivity contribution in [2.75, 3.05) is 41.0 Å². The van der Waals surface area contributed by atoms with Crippen LogP contribution in [0.3, 0.4) is 0 Å². The SMILES string of the molecule is CCN(C(=O)OCc1ccc(NC(=O)[C@H](C)NC(=O)[C@@H](NC(=O)CCCC(=O)ON2C(=O)CCC2=O)C(C)C)cc1)c1cc(C2(c3nncn3C)CC(C)C2)cc(N2Cc3c(SC)cc(CN4CCC[C@H](C)C4)cc3C2=O)n1. The zero-order valence-electron chi connectivity index (χ0n) is 45.8. The predicted molar refractivity (Wildman–Crippen MR) is 291 cm³/mol. The van der Waals surface area contributed by atoms with Gasteiger partial charge < -0.3 is 30.1 Å². The Hall–Kier alpha value is -7.20. The third kappa shape index (κ3) is 12.9. The molecule has 4 aromatic rings. The first-order valence-electron chi connectivity index (χ1n) is 26.9. The van der Waals surface area contributed by atoms with Gasteiger partial charge >= 0.3 is 12.1 Å². The number of hydroxylamine groups is 2. The van der Waals surface area contributed by atoms with E-state index in [1.54, 1.807) is 61.1 Å². The van der Waals surface area contributed by atoms with Crippen LogP contribution in [0.15, 0.2) is 59.8 Å². The first kappa shape index (κ1) is 57.0. The molecule has 5 heterocycles. The van der Waals surface area contributed by atoms with Crippen LogP contribution in [0.25, 0.3) is 0 Å². The highest BCUT2D eigenvalue weighted by atomic mass is 32.2. The zero-order valence-corrected chi connectivity index (χ0v) is 46.6. The molecule has 3 N–H and O–H groups in total. The van der Waals surface area contributed by atoms with Crippen LogP contribution in [-0.2, 0) is 70.5 Å². The van der Waals surface area contributed by atoms with E-state index in [9.17, 15) is 38.4 Å². The molecule has 2 aromatic carbocycles. The largest absolute Gasteiger partial charge is 0.444 e. The van der Waals surface area contributed by atoms with Gasteiger partial charge in [0.1, 0.15) is 42.5 Å². The Balaban J connectivity index is 0.904. The minimum Gasteiger partial charge on any atom is -0.444 e. The molecule has 7 amide bonds. The van der Waals surface area contributed by atoms with Crippen LogP contribution in [0, 0.1) is 17.8 Å². The minimum atomic E-state index is -1.00. The molecule has 3 fully saturated rings. The van der Waals surface area contributed by atoms with Crippen LogP contribution in [-0.4, -0.2) is 115 Å². The molecule has 21 nitrogen and oxygen atoms in total. The Morgan fingerprint density at radius 2 is 1.64 bits per heavy atom. The Morgan fingerprint density at radius 1 is 0.910 bits per heavy atom. The number of ether oxygens (including phenoxy) is 1. The van der Waals surface area contributed by atoms with Crippen molar-refractivity contribution in [3.8, 4) is 0 Å². The second-order valence-electron chi connectivity index (χ2n) is 21.5. The molecule has 78 heavy (non-hydrogen) atoms. The van der Waals surface area contributed by atoms with Crippen molar-refractivity contribution in [1.82, 2.24) is 40.3 Å². The van der Waals surface area contributed by atoms with Gasteiger partial charge in [0.15, 0.2) is 0 Å². The number of piperidine rings is 1. The molecule has 0 unspecified atom stereocenters. The number of nitrogens with one attached hydrogen (secondary N) is 3. The summed E-state index contributed by atoms with van der Waals surface area (Å²) < 4.78 is 7.85. The number of likely N-dealkylation sites (tertiary alicyclic amines) is 1. The number of rotatable bonds is 21. The number of hydrogen-bond donors (Lipinski definition) is 3. The average molecular weight is 1090 g/mol. The van der Waals surface area contributed by atoms with Gasteiger partial charge in [-0.3, -0.25) is 43.5 Å². The Bertz CT molecular complexity index is 2920. The maximum Gasteiger partial charge on any atom is 0.415 e. The Labute approximate surface area is 458 Å². The molecule has 4 aliphatic rings. The lowest BCUT2D eigenvalue weighted by Gasteiger charge is -2.46. The quantitative estimate of drug-likeness (QED) is 0.0590. The molecule has 416 valence electrons. The highest BCUT2D eigenvalue weighted by Crippen LogP contribution is 2.52. The van der Waals surface area contributed by atoms with Crippen molar-refractivity contribution >= 4 is 76.6 Å². The lowest BCUT2D eigenvalue weighted by atomic mass is 9.58. The molecule has 2 saturated heterocycles. The van der Waals surface area contributed by atoms with Crippen molar-refractivity contribution in [3.63, 3.8) is 0 Å². The molecule has 8 rings (SSSR count). The first-order chi connectivity index (χ1) is 37.3. The van der Waals surface area contributed by atoms with Crippen LogP contribution >= 0.6 is 11.8 Å². The van der Waals surface area contributed by atoms with Crippen LogP contribution in [0.5, 0.6) is 0 Å². The lowest BCUT2D eigenvalue weighted by molar-refractivity contribution is -0.197. The summed E-state index contributed by atoms with van der Waals surface area (Å²) >= 11 is 1.64. The van der Waals surface area contributed by atoms with E-state index < -0.39 is 59.1 Å². The number of benzene rings is 2. The third-order valence-corrected chi connectivity index (χ3v) is 15.8. The topological polar surface area (TPSA) is 248 Å². The summed E-state index contributed by atoms with van der Waals surface area (Å²) in [5.74, 6) is -1.59. The van der Waals surface area contributed by atoms with E-state index in [1.807, 2.05) is 43.0 Å². The smallest absolute Gasteiger partial charge is 0.415 e. The number of thioether (sulfide) groups is 1. The van der Waals surface area contributed by atoms with Gasteiger partial charge in [-0.25, -0.2) is 14.6 Å². The van der Waals surface area contributed by atoms with Gasteiger partial charge in [0.2, 0.25) is 17.7 Å². The Morgan fingerprint density at radius 3 is 2.28 bits per heavy atom. The van der Waals surface area contributed by atoms with Crippen LogP contribution in [0.1, 0.15) is 138 Å². The summed E-state index contributed by atoms with van der Waals surface area (Å²) in [6.07, 6.45) is 6.65. The number of imide groups is 1. The summed E-state index contributed by atoms with van der Waals surface area (Å²) in [5, 5.41) is 17.4. The van der Waals surface area contributed by atoms with E-state index in [1.165, 1.54) is 18.2 Å². The van der Waals surface area contributed by atoms with Crippen molar-refractivity contribution in [1.29, 1.82) is 0 Å². The van der Waals surface area contributed by atoms with Crippen LogP contribution < -0.4 is 25.8 Å². The number of carbonyl (C=O) groups excluding carboxylic acids is 8. The third-order valence-electron chi connectivity index (χ3n) is 15.0. The van der Waals surface area contributed by atoms with E-state index in [4.69, 9.17) is 14.6 Å². The van der Waals surface area contributed by atoms with Crippen LogP contribution in [0.2, 0.25) is 0 Å². The van der Waals surface area contributed by atoms with Crippen molar-refractivity contribution in [3.05, 3.63) is 88.5 Å². The molecule has 2 aromatic heterocycles. The number of hydrogen-bond acceptors (Lipinski definition) is 15. The number of pyridine rings is 1. The van der Waals surface area contributed by atoms with Crippen molar-refractivity contribution in [2.24, 2.45) is 24.8 Å². The van der Waals surface area contributed by atoms with Gasteiger partial charge in [0.25, 0.3) is 17.7 Å². The highest BCUT2D eigenvalue weighted by Gasteiger charge is 2.49. The van der Waals surface area contributed by atoms with E-state index >= 15 is 0 Å². The average Bonchev–Trinajstić information content (AvgIpc) is 4.24. The lowest BCUT2D eigenvalue weighted by Crippen LogP contribution is -2.53. The van der Waals surface area contributed by atoms with E-state index in [-0.39, 0.29) is 57.1 Å². The number of aromatic nitrogens is 4. The second kappa shape index (κ2) is 24.6. The molecule has 3 aliphatic heterocycles. The highest BCUT2D eigenvalue weighted by molar-refractivity contribution is 7.98. The van der Waals surface area contributed by atoms with E-state index in [0.29, 0.717) is 51.9 Å². The van der Waals surface area contributed by atoms with Gasteiger partial charge in [-0.1, -0.05) is 39.8 Å². The number of anilines is 3. The zero-order chi connectivity index (χ0) is 56.0. The number of amides is 7. The fourth-order valence-corrected chi connectivity index (χ4v) is 11.6. The molecule has 3 atom stereocenters. The first-order valence-corrected chi connectivity index (χ1v) is 28.1. The van der Waals surface area contributed by atoms with Gasteiger partial charge in [-0.15, -0.1) is 27.0 Å². The van der Waals surface area contributed by atoms with E-state index in [0.717, 1.165) is 66.3 Å². The fourth-order valence-electron chi connectivity index (χ4n) is 10.9. The van der Waals surface area contributed by atoms with Gasteiger partial charge in [-0.2, -0.15) is 0 Å².